The number of primary amides is 1. The summed E-state index contributed by atoms with van der Waals surface area (Å²) in [6, 6.07) is 6.77. The second-order valence-electron chi connectivity index (χ2n) is 6.46. The van der Waals surface area contributed by atoms with Gasteiger partial charge < -0.3 is 15.0 Å². The molecule has 0 aliphatic heterocycles. The van der Waals surface area contributed by atoms with Gasteiger partial charge in [-0.25, -0.2) is 0 Å². The summed E-state index contributed by atoms with van der Waals surface area (Å²) in [6.07, 6.45) is 0. The minimum atomic E-state index is -1.10. The predicted molar refractivity (Wildman–Crippen MR) is 105 cm³/mol. The number of halogens is 2. The summed E-state index contributed by atoms with van der Waals surface area (Å²) in [6.45, 7) is 8.16. The van der Waals surface area contributed by atoms with Gasteiger partial charge in [0.05, 0.1) is 14.8 Å². The number of ether oxygens (including phenoxy) is 1. The van der Waals surface area contributed by atoms with Crippen LogP contribution in [0.3, 0.4) is 0 Å². The fourth-order valence-electron chi connectivity index (χ4n) is 2.17. The van der Waals surface area contributed by atoms with Gasteiger partial charge in [-0.05, 0) is 46.8 Å². The van der Waals surface area contributed by atoms with E-state index in [-0.39, 0.29) is 0 Å². The largest absolute Gasteiger partial charge is 0.366 e. The van der Waals surface area contributed by atoms with Crippen LogP contribution in [0, 0.1) is 3.70 Å². The highest BCUT2D eigenvalue weighted by molar-refractivity contribution is 14.1. The average molecular weight is 495 g/mol. The smallest absolute Gasteiger partial charge is 0.250 e. The monoisotopic (exact) mass is 494 g/mol. The molecule has 1 aromatic heterocycles. The molecule has 22 heavy (non-hydrogen) atoms. The van der Waals surface area contributed by atoms with Gasteiger partial charge in [-0.2, -0.15) is 0 Å². The summed E-state index contributed by atoms with van der Waals surface area (Å²) in [7, 11) is -1.10. The molecule has 4 nitrogen and oxygen atoms in total. The van der Waals surface area contributed by atoms with E-state index >= 15 is 0 Å². The summed E-state index contributed by atoms with van der Waals surface area (Å²) in [5.74, 6) is -0.421. The molecule has 1 aromatic carbocycles. The molecule has 0 spiro atoms. The first-order valence-corrected chi connectivity index (χ1v) is 12.6. The lowest BCUT2D eigenvalue weighted by Crippen LogP contribution is -2.22. The third-order valence-electron chi connectivity index (χ3n) is 3.44. The van der Waals surface area contributed by atoms with Crippen LogP contribution in [0.15, 0.2) is 22.7 Å². The summed E-state index contributed by atoms with van der Waals surface area (Å²) >= 11 is 5.79. The molecule has 0 bridgehead atoms. The van der Waals surface area contributed by atoms with Crippen LogP contribution in [-0.4, -0.2) is 25.2 Å². The third kappa shape index (κ3) is 4.12. The molecule has 0 atom stereocenters. The number of nitrogens with zero attached hydrogens (tertiary/aromatic N) is 1. The Hall–Kier alpha value is -0.383. The minimum Gasteiger partial charge on any atom is -0.366 e. The van der Waals surface area contributed by atoms with E-state index < -0.39 is 14.0 Å². The average Bonchev–Trinajstić information content (AvgIpc) is 2.72. The van der Waals surface area contributed by atoms with E-state index in [1.807, 2.05) is 16.7 Å². The quantitative estimate of drug-likeness (QED) is 0.367. The Bertz CT molecular complexity index is 710. The Morgan fingerprint density at radius 1 is 1.41 bits per heavy atom. The van der Waals surface area contributed by atoms with Gasteiger partial charge in [-0.3, -0.25) is 4.79 Å². The lowest BCUT2D eigenvalue weighted by atomic mass is 10.1. The number of hydrogen-bond acceptors (Lipinski definition) is 2. The number of carbonyl (C=O) groups excluding carboxylic acids is 1. The zero-order valence-electron chi connectivity index (χ0n) is 13.0. The Morgan fingerprint density at radius 2 is 2.09 bits per heavy atom. The van der Waals surface area contributed by atoms with E-state index in [1.165, 1.54) is 0 Å². The highest BCUT2D eigenvalue weighted by Crippen LogP contribution is 2.31. The zero-order chi connectivity index (χ0) is 16.5. The Labute approximate surface area is 153 Å². The molecule has 120 valence electrons. The van der Waals surface area contributed by atoms with E-state index in [9.17, 15) is 4.79 Å². The van der Waals surface area contributed by atoms with Crippen LogP contribution in [0.5, 0.6) is 0 Å². The van der Waals surface area contributed by atoms with Crippen LogP contribution < -0.4 is 5.73 Å². The number of aromatic nitrogens is 1. The molecule has 2 aromatic rings. The molecule has 7 heteroatoms. The Kier molecular flexibility index (Phi) is 5.73. The number of rotatable bonds is 6. The number of amides is 1. The SMILES string of the molecule is C[Si](C)(C)CCOCn1c(I)cc2c(Br)ccc(C(N)=O)c21. The molecular formula is C15H20BrIN2O2Si. The van der Waals surface area contributed by atoms with Crippen molar-refractivity contribution in [1.29, 1.82) is 0 Å². The maximum Gasteiger partial charge on any atom is 0.250 e. The maximum atomic E-state index is 11.7. The van der Waals surface area contributed by atoms with Crippen molar-refractivity contribution >= 4 is 63.4 Å². The van der Waals surface area contributed by atoms with Gasteiger partial charge in [0.1, 0.15) is 6.73 Å². The second kappa shape index (κ2) is 7.02. The van der Waals surface area contributed by atoms with Crippen molar-refractivity contribution in [3.63, 3.8) is 0 Å². The lowest BCUT2D eigenvalue weighted by Gasteiger charge is -2.16. The molecule has 0 aliphatic carbocycles. The maximum absolute atomic E-state index is 11.7. The molecule has 0 saturated carbocycles. The first-order chi connectivity index (χ1) is 10.2. The van der Waals surface area contributed by atoms with Gasteiger partial charge in [0.2, 0.25) is 0 Å². The predicted octanol–water partition coefficient (Wildman–Crippen LogP) is 4.42. The summed E-state index contributed by atoms with van der Waals surface area (Å²) in [4.78, 5) is 11.7. The molecule has 1 amide bonds. The van der Waals surface area contributed by atoms with Gasteiger partial charge in [0.25, 0.3) is 5.91 Å². The fourth-order valence-corrected chi connectivity index (χ4v) is 4.06. The van der Waals surface area contributed by atoms with Crippen molar-refractivity contribution in [3.8, 4) is 0 Å². The van der Waals surface area contributed by atoms with Gasteiger partial charge >= 0.3 is 0 Å². The number of carbonyl (C=O) groups is 1. The number of fused-ring (bicyclic) bond motifs is 1. The topological polar surface area (TPSA) is 57.2 Å². The third-order valence-corrected chi connectivity index (χ3v) is 6.73. The van der Waals surface area contributed by atoms with Crippen molar-refractivity contribution in [2.75, 3.05) is 6.61 Å². The van der Waals surface area contributed by atoms with Gasteiger partial charge in [0.15, 0.2) is 0 Å². The highest BCUT2D eigenvalue weighted by atomic mass is 127. The number of hydrogen-bond donors (Lipinski definition) is 1. The van der Waals surface area contributed by atoms with Gasteiger partial charge in [0, 0.05) is 24.5 Å². The van der Waals surface area contributed by atoms with Crippen LogP contribution in [0.1, 0.15) is 10.4 Å². The lowest BCUT2D eigenvalue weighted by molar-refractivity contribution is 0.0884. The molecule has 0 aliphatic rings. The van der Waals surface area contributed by atoms with Gasteiger partial charge in [-0.15, -0.1) is 0 Å². The summed E-state index contributed by atoms with van der Waals surface area (Å²) in [5, 5.41) is 0.981. The number of benzene rings is 1. The van der Waals surface area contributed by atoms with E-state index in [1.54, 1.807) is 6.07 Å². The first kappa shape index (κ1) is 18.0. The molecule has 0 saturated heterocycles. The minimum absolute atomic E-state index is 0.421. The Morgan fingerprint density at radius 3 is 2.68 bits per heavy atom. The van der Waals surface area contributed by atoms with E-state index in [0.717, 1.165) is 31.7 Å². The number of nitrogens with two attached hydrogens (primary N) is 1. The standard InChI is InChI=1S/C15H20BrIN2O2Si/c1-22(2,3)7-6-21-9-19-13(17)8-11-12(16)5-4-10(14(11)19)15(18)20/h4-5,8H,6-7,9H2,1-3H3,(H2,18,20). The summed E-state index contributed by atoms with van der Waals surface area (Å²) < 4.78 is 9.82. The molecule has 0 radical (unpaired) electrons. The summed E-state index contributed by atoms with van der Waals surface area (Å²) in [5.41, 5.74) is 6.87. The second-order valence-corrected chi connectivity index (χ2v) is 14.0. The van der Waals surface area contributed by atoms with E-state index in [2.05, 4.69) is 58.2 Å². The molecule has 1 heterocycles. The van der Waals surface area contributed by atoms with Crippen LogP contribution in [0.25, 0.3) is 10.9 Å². The van der Waals surface area contributed by atoms with Crippen molar-refractivity contribution in [2.24, 2.45) is 5.73 Å². The van der Waals surface area contributed by atoms with E-state index in [0.29, 0.717) is 12.3 Å². The van der Waals surface area contributed by atoms with Crippen molar-refractivity contribution in [2.45, 2.75) is 32.4 Å². The first-order valence-electron chi connectivity index (χ1n) is 7.05. The van der Waals surface area contributed by atoms with Crippen molar-refractivity contribution < 1.29 is 9.53 Å². The van der Waals surface area contributed by atoms with Crippen LogP contribution >= 0.6 is 38.5 Å². The van der Waals surface area contributed by atoms with E-state index in [4.69, 9.17) is 10.5 Å². The fraction of sp³-hybridized carbons (Fsp3) is 0.400. The molecule has 0 unspecified atom stereocenters. The molecular weight excluding hydrogens is 475 g/mol. The van der Waals surface area contributed by atoms with Crippen molar-refractivity contribution in [3.05, 3.63) is 31.9 Å². The Balaban J connectivity index is 2.31. The molecule has 2 N–H and O–H groups in total. The molecule has 0 fully saturated rings. The normalized spacial score (nSPS) is 12.0. The highest BCUT2D eigenvalue weighted by Gasteiger charge is 2.17. The zero-order valence-corrected chi connectivity index (χ0v) is 17.7. The van der Waals surface area contributed by atoms with Crippen LogP contribution in [-0.2, 0) is 11.5 Å². The van der Waals surface area contributed by atoms with Gasteiger partial charge in [-0.1, -0.05) is 35.6 Å². The van der Waals surface area contributed by atoms with Crippen LogP contribution in [0.2, 0.25) is 25.7 Å². The van der Waals surface area contributed by atoms with Crippen LogP contribution in [0.4, 0.5) is 0 Å². The molecule has 2 rings (SSSR count). The van der Waals surface area contributed by atoms with Crippen molar-refractivity contribution in [1.82, 2.24) is 4.57 Å².